The Balaban J connectivity index is 1.72. The zero-order chi connectivity index (χ0) is 17.8. The molecular weight excluding hydrogens is 310 g/mol. The lowest BCUT2D eigenvalue weighted by atomic mass is 9.91. The third-order valence-corrected chi connectivity index (χ3v) is 4.87. The Bertz CT molecular complexity index is 751. The normalized spacial score (nSPS) is 14.7. The highest BCUT2D eigenvalue weighted by atomic mass is 16.5. The molecule has 0 fully saturated rings. The lowest BCUT2D eigenvalue weighted by Crippen LogP contribution is -2.31. The summed E-state index contributed by atoms with van der Waals surface area (Å²) in [6, 6.07) is 14.1. The summed E-state index contributed by atoms with van der Waals surface area (Å²) in [5, 5.41) is 3.03. The van der Waals surface area contributed by atoms with Gasteiger partial charge in [0.2, 0.25) is 0 Å². The quantitative estimate of drug-likeness (QED) is 0.825. The van der Waals surface area contributed by atoms with Gasteiger partial charge in [-0.15, -0.1) is 0 Å². The van der Waals surface area contributed by atoms with Crippen molar-refractivity contribution in [3.8, 4) is 5.75 Å². The van der Waals surface area contributed by atoms with Crippen LogP contribution >= 0.6 is 0 Å². The molecule has 25 heavy (non-hydrogen) atoms. The third kappa shape index (κ3) is 4.04. The minimum absolute atomic E-state index is 0.110. The Morgan fingerprint density at radius 3 is 2.56 bits per heavy atom. The first-order valence-corrected chi connectivity index (χ1v) is 9.23. The molecule has 2 aromatic rings. The first-order valence-electron chi connectivity index (χ1n) is 9.23. The van der Waals surface area contributed by atoms with E-state index in [2.05, 4.69) is 31.3 Å². The molecule has 0 saturated heterocycles. The van der Waals surface area contributed by atoms with Gasteiger partial charge in [0.1, 0.15) is 5.75 Å². The summed E-state index contributed by atoms with van der Waals surface area (Å²) in [5.41, 5.74) is 4.64. The van der Waals surface area contributed by atoms with Crippen LogP contribution in [0.3, 0.4) is 0 Å². The Morgan fingerprint density at radius 2 is 1.76 bits per heavy atom. The van der Waals surface area contributed by atoms with E-state index in [1.165, 1.54) is 24.0 Å². The van der Waals surface area contributed by atoms with Crippen LogP contribution in [0.5, 0.6) is 5.75 Å². The van der Waals surface area contributed by atoms with Gasteiger partial charge < -0.3 is 10.1 Å². The van der Waals surface area contributed by atoms with Gasteiger partial charge in [-0.05, 0) is 67.3 Å². The maximum atomic E-state index is 12.6. The molecular formula is C22H27NO2. The molecule has 1 N–H and O–H groups in total. The number of hydrogen-bond acceptors (Lipinski definition) is 2. The average molecular weight is 337 g/mol. The van der Waals surface area contributed by atoms with Crippen LogP contribution in [0.25, 0.3) is 0 Å². The van der Waals surface area contributed by atoms with Gasteiger partial charge in [0.05, 0.1) is 0 Å². The van der Waals surface area contributed by atoms with E-state index in [9.17, 15) is 4.79 Å². The molecule has 0 spiro atoms. The van der Waals surface area contributed by atoms with Gasteiger partial charge in [0, 0.05) is 5.69 Å². The number of nitrogens with one attached hydrogen (secondary N) is 1. The van der Waals surface area contributed by atoms with Crippen molar-refractivity contribution in [2.24, 2.45) is 0 Å². The summed E-state index contributed by atoms with van der Waals surface area (Å²) < 4.78 is 6.04. The summed E-state index contributed by atoms with van der Waals surface area (Å²) in [7, 11) is 0. The number of ether oxygens (including phenoxy) is 1. The zero-order valence-corrected chi connectivity index (χ0v) is 15.3. The number of carbonyl (C=O) groups excluding carboxylic acids is 1. The largest absolute Gasteiger partial charge is 0.481 e. The number of rotatable bonds is 5. The topological polar surface area (TPSA) is 38.3 Å². The fraction of sp³-hybridized carbons (Fsp3) is 0.409. The Morgan fingerprint density at radius 1 is 1.00 bits per heavy atom. The van der Waals surface area contributed by atoms with Crippen molar-refractivity contribution in [1.82, 2.24) is 0 Å². The number of amides is 1. The van der Waals surface area contributed by atoms with Crippen molar-refractivity contribution in [1.29, 1.82) is 0 Å². The number of hydrogen-bond donors (Lipinski definition) is 1. The second-order valence-electron chi connectivity index (χ2n) is 7.09. The Kier molecular flexibility index (Phi) is 5.42. The molecule has 132 valence electrons. The predicted molar refractivity (Wildman–Crippen MR) is 102 cm³/mol. The van der Waals surface area contributed by atoms with Crippen LogP contribution in [0.2, 0.25) is 0 Å². The van der Waals surface area contributed by atoms with Crippen molar-refractivity contribution in [2.75, 3.05) is 5.32 Å². The highest BCUT2D eigenvalue weighted by molar-refractivity contribution is 5.94. The molecule has 0 radical (unpaired) electrons. The molecule has 1 amide bonds. The second kappa shape index (κ2) is 7.73. The summed E-state index contributed by atoms with van der Waals surface area (Å²) in [6.07, 6.45) is 4.03. The molecule has 3 nitrogen and oxygen atoms in total. The van der Waals surface area contributed by atoms with Gasteiger partial charge in [0.25, 0.3) is 5.91 Å². The van der Waals surface area contributed by atoms with E-state index in [1.807, 2.05) is 37.3 Å². The Labute approximate surface area is 150 Å². The summed E-state index contributed by atoms with van der Waals surface area (Å²) in [4.78, 5) is 12.6. The molecule has 0 bridgehead atoms. The van der Waals surface area contributed by atoms with Gasteiger partial charge in [-0.25, -0.2) is 0 Å². The first kappa shape index (κ1) is 17.5. The molecule has 2 aromatic carbocycles. The van der Waals surface area contributed by atoms with Gasteiger partial charge in [-0.1, -0.05) is 44.2 Å². The summed E-state index contributed by atoms with van der Waals surface area (Å²) in [6.45, 7) is 6.07. The van der Waals surface area contributed by atoms with Crippen LogP contribution in [-0.4, -0.2) is 12.0 Å². The maximum absolute atomic E-state index is 12.6. The number of para-hydroxylation sites is 1. The van der Waals surface area contributed by atoms with Crippen molar-refractivity contribution in [3.63, 3.8) is 0 Å². The van der Waals surface area contributed by atoms with Crippen LogP contribution < -0.4 is 10.1 Å². The van der Waals surface area contributed by atoms with Gasteiger partial charge in [-0.2, -0.15) is 0 Å². The number of anilines is 1. The average Bonchev–Trinajstić information content (AvgIpc) is 2.62. The van der Waals surface area contributed by atoms with Gasteiger partial charge in [0.15, 0.2) is 6.10 Å². The van der Waals surface area contributed by atoms with Crippen LogP contribution in [0.15, 0.2) is 42.5 Å². The molecule has 0 aliphatic heterocycles. The van der Waals surface area contributed by atoms with Crippen LogP contribution in [0.1, 0.15) is 56.2 Å². The van der Waals surface area contributed by atoms with Crippen LogP contribution in [0.4, 0.5) is 5.69 Å². The highest BCUT2D eigenvalue weighted by Gasteiger charge is 2.20. The summed E-state index contributed by atoms with van der Waals surface area (Å²) >= 11 is 0. The molecule has 1 unspecified atom stereocenters. The lowest BCUT2D eigenvalue weighted by molar-refractivity contribution is -0.122. The SMILES string of the molecule is CC(Oc1cccc2c1CCCC2)C(=O)Nc1ccccc1C(C)C. The Hall–Kier alpha value is -2.29. The molecule has 0 aromatic heterocycles. The van der Waals surface area contributed by atoms with E-state index < -0.39 is 6.10 Å². The van der Waals surface area contributed by atoms with Gasteiger partial charge in [-0.3, -0.25) is 4.79 Å². The molecule has 0 heterocycles. The van der Waals surface area contributed by atoms with Crippen LogP contribution in [0, 0.1) is 0 Å². The zero-order valence-electron chi connectivity index (χ0n) is 15.3. The molecule has 1 atom stereocenters. The van der Waals surface area contributed by atoms with Crippen molar-refractivity contribution >= 4 is 11.6 Å². The van der Waals surface area contributed by atoms with Crippen molar-refractivity contribution in [3.05, 3.63) is 59.2 Å². The van der Waals surface area contributed by atoms with Crippen molar-refractivity contribution < 1.29 is 9.53 Å². The molecule has 3 heteroatoms. The van der Waals surface area contributed by atoms with E-state index in [1.54, 1.807) is 0 Å². The maximum Gasteiger partial charge on any atom is 0.265 e. The lowest BCUT2D eigenvalue weighted by Gasteiger charge is -2.22. The smallest absolute Gasteiger partial charge is 0.265 e. The van der Waals surface area contributed by atoms with E-state index in [0.717, 1.165) is 29.8 Å². The number of fused-ring (bicyclic) bond motifs is 1. The number of carbonyl (C=O) groups is 1. The fourth-order valence-corrected chi connectivity index (χ4v) is 3.45. The third-order valence-electron chi connectivity index (χ3n) is 4.87. The number of benzene rings is 2. The second-order valence-corrected chi connectivity index (χ2v) is 7.09. The molecule has 1 aliphatic carbocycles. The monoisotopic (exact) mass is 337 g/mol. The molecule has 3 rings (SSSR count). The minimum atomic E-state index is -0.534. The van der Waals surface area contributed by atoms with E-state index >= 15 is 0 Å². The predicted octanol–water partition coefficient (Wildman–Crippen LogP) is 5.09. The molecule has 1 aliphatic rings. The van der Waals surface area contributed by atoms with Crippen molar-refractivity contribution in [2.45, 2.75) is 58.5 Å². The van der Waals surface area contributed by atoms with Crippen LogP contribution in [-0.2, 0) is 17.6 Å². The van der Waals surface area contributed by atoms with E-state index in [0.29, 0.717) is 5.92 Å². The minimum Gasteiger partial charge on any atom is -0.481 e. The van der Waals surface area contributed by atoms with E-state index in [4.69, 9.17) is 4.74 Å². The fourth-order valence-electron chi connectivity index (χ4n) is 3.45. The van der Waals surface area contributed by atoms with Gasteiger partial charge >= 0.3 is 0 Å². The first-order chi connectivity index (χ1) is 12.1. The number of aryl methyl sites for hydroxylation is 1. The molecule has 0 saturated carbocycles. The standard InChI is InChI=1S/C22H27NO2/c1-15(2)18-11-6-7-13-20(18)23-22(24)16(3)25-21-14-8-10-17-9-4-5-12-19(17)21/h6-8,10-11,13-16H,4-5,9,12H2,1-3H3,(H,23,24). The summed E-state index contributed by atoms with van der Waals surface area (Å²) in [5.74, 6) is 1.10. The van der Waals surface area contributed by atoms with E-state index in [-0.39, 0.29) is 5.91 Å². The highest BCUT2D eigenvalue weighted by Crippen LogP contribution is 2.30.